The summed E-state index contributed by atoms with van der Waals surface area (Å²) < 4.78 is 27.8. The van der Waals surface area contributed by atoms with Crippen LogP contribution in [0.25, 0.3) is 0 Å². The van der Waals surface area contributed by atoms with Crippen LogP contribution in [-0.4, -0.2) is 24.3 Å². The minimum Gasteiger partial charge on any atom is -0.322 e. The first-order chi connectivity index (χ1) is 12.8. The molecule has 9 heteroatoms. The normalized spacial score (nSPS) is 11.0. The molecule has 0 spiro atoms. The lowest BCUT2D eigenvalue weighted by molar-refractivity contribution is 0.102. The van der Waals surface area contributed by atoms with Crippen molar-refractivity contribution in [1.82, 2.24) is 9.97 Å². The molecule has 0 bridgehead atoms. The molecule has 0 radical (unpaired) electrons. The molecule has 0 aliphatic carbocycles. The molecule has 1 aromatic heterocycles. The highest BCUT2D eigenvalue weighted by Gasteiger charge is 2.16. The van der Waals surface area contributed by atoms with Gasteiger partial charge in [0.05, 0.1) is 10.5 Å². The molecule has 1 heterocycles. The maximum atomic E-state index is 12.3. The third-order valence-corrected chi connectivity index (χ3v) is 5.45. The van der Waals surface area contributed by atoms with E-state index >= 15 is 0 Å². The number of rotatable bonds is 5. The monoisotopic (exact) mass is 446 g/mol. The Balaban J connectivity index is 1.70. The van der Waals surface area contributed by atoms with Gasteiger partial charge in [0, 0.05) is 22.6 Å². The highest BCUT2D eigenvalue weighted by atomic mass is 79.9. The predicted molar refractivity (Wildman–Crippen MR) is 106 cm³/mol. The van der Waals surface area contributed by atoms with Crippen molar-refractivity contribution in [3.8, 4) is 0 Å². The Labute approximate surface area is 165 Å². The second kappa shape index (κ2) is 7.85. The fourth-order valence-electron chi connectivity index (χ4n) is 2.13. The van der Waals surface area contributed by atoms with Gasteiger partial charge in [-0.05, 0) is 43.3 Å². The number of benzene rings is 2. The van der Waals surface area contributed by atoms with E-state index in [1.54, 1.807) is 36.4 Å². The summed E-state index contributed by atoms with van der Waals surface area (Å²) in [6, 6.07) is 13.5. The summed E-state index contributed by atoms with van der Waals surface area (Å²) in [6.07, 6.45) is 2.52. The topological polar surface area (TPSA) is 101 Å². The highest BCUT2D eigenvalue weighted by molar-refractivity contribution is 9.10. The van der Waals surface area contributed by atoms with E-state index in [1.807, 2.05) is 6.92 Å². The van der Waals surface area contributed by atoms with Gasteiger partial charge >= 0.3 is 0 Å². The number of aryl methyl sites for hydroxylation is 1. The molecule has 0 atom stereocenters. The standard InChI is InChI=1S/C18H15BrN4O3S/c1-12-2-8-16(9-3-12)27(25,26)23-18-20-10-13(11-21-18)17(24)22-15-6-4-14(19)5-7-15/h2-11H,1H3,(H,22,24)(H,20,21,23). The largest absolute Gasteiger partial charge is 0.322 e. The molecule has 1 amide bonds. The first kappa shape index (κ1) is 19.0. The lowest BCUT2D eigenvalue weighted by Gasteiger charge is -2.08. The van der Waals surface area contributed by atoms with Crippen LogP contribution in [0.3, 0.4) is 0 Å². The maximum Gasteiger partial charge on any atom is 0.264 e. The first-order valence-electron chi connectivity index (χ1n) is 7.82. The average Bonchev–Trinajstić information content (AvgIpc) is 2.64. The smallest absolute Gasteiger partial charge is 0.264 e. The summed E-state index contributed by atoms with van der Waals surface area (Å²) in [4.78, 5) is 20.1. The van der Waals surface area contributed by atoms with Crippen LogP contribution >= 0.6 is 15.9 Å². The zero-order valence-corrected chi connectivity index (χ0v) is 16.6. The van der Waals surface area contributed by atoms with Crippen LogP contribution < -0.4 is 10.0 Å². The quantitative estimate of drug-likeness (QED) is 0.623. The molecule has 0 unspecified atom stereocenters. The second-order valence-corrected chi connectivity index (χ2v) is 8.27. The maximum absolute atomic E-state index is 12.3. The summed E-state index contributed by atoms with van der Waals surface area (Å²) in [5, 5.41) is 2.71. The van der Waals surface area contributed by atoms with Crippen molar-refractivity contribution < 1.29 is 13.2 Å². The molecular weight excluding hydrogens is 432 g/mol. The highest BCUT2D eigenvalue weighted by Crippen LogP contribution is 2.16. The molecule has 0 saturated heterocycles. The Morgan fingerprint density at radius 2 is 1.56 bits per heavy atom. The van der Waals surface area contributed by atoms with E-state index in [0.717, 1.165) is 10.0 Å². The van der Waals surface area contributed by atoms with Gasteiger partial charge in [-0.2, -0.15) is 0 Å². The SMILES string of the molecule is Cc1ccc(S(=O)(=O)Nc2ncc(C(=O)Nc3ccc(Br)cc3)cn2)cc1. The van der Waals surface area contributed by atoms with Crippen LogP contribution in [0.2, 0.25) is 0 Å². The summed E-state index contributed by atoms with van der Waals surface area (Å²) in [5.74, 6) is -0.513. The summed E-state index contributed by atoms with van der Waals surface area (Å²) in [6.45, 7) is 1.87. The van der Waals surface area contributed by atoms with Crippen LogP contribution in [-0.2, 0) is 10.0 Å². The molecule has 2 N–H and O–H groups in total. The van der Waals surface area contributed by atoms with Crippen molar-refractivity contribution >= 4 is 43.5 Å². The van der Waals surface area contributed by atoms with Gasteiger partial charge in [-0.15, -0.1) is 0 Å². The Kier molecular flexibility index (Phi) is 5.52. The van der Waals surface area contributed by atoms with E-state index in [2.05, 4.69) is 35.9 Å². The van der Waals surface area contributed by atoms with E-state index < -0.39 is 15.9 Å². The molecule has 0 aliphatic heterocycles. The van der Waals surface area contributed by atoms with Gasteiger partial charge in [0.2, 0.25) is 5.95 Å². The van der Waals surface area contributed by atoms with Gasteiger partial charge in [0.15, 0.2) is 0 Å². The molecule has 138 valence electrons. The van der Waals surface area contributed by atoms with Crippen molar-refractivity contribution in [3.63, 3.8) is 0 Å². The number of carbonyl (C=O) groups is 1. The van der Waals surface area contributed by atoms with Crippen LogP contribution in [0.4, 0.5) is 11.6 Å². The van der Waals surface area contributed by atoms with Gasteiger partial charge in [0.25, 0.3) is 15.9 Å². The number of anilines is 2. The zero-order valence-electron chi connectivity index (χ0n) is 14.2. The predicted octanol–water partition coefficient (Wildman–Crippen LogP) is 3.60. The van der Waals surface area contributed by atoms with Crippen molar-refractivity contribution in [1.29, 1.82) is 0 Å². The first-order valence-corrected chi connectivity index (χ1v) is 10.1. The lowest BCUT2D eigenvalue weighted by Crippen LogP contribution is -2.16. The van der Waals surface area contributed by atoms with Crippen LogP contribution in [0, 0.1) is 6.92 Å². The van der Waals surface area contributed by atoms with Gasteiger partial charge < -0.3 is 5.32 Å². The molecule has 2 aromatic carbocycles. The van der Waals surface area contributed by atoms with E-state index in [-0.39, 0.29) is 16.4 Å². The number of aromatic nitrogens is 2. The number of amides is 1. The van der Waals surface area contributed by atoms with Gasteiger partial charge in [-0.1, -0.05) is 33.6 Å². The molecular formula is C18H15BrN4O3S. The minimum atomic E-state index is -3.80. The van der Waals surface area contributed by atoms with Crippen molar-refractivity contribution in [2.24, 2.45) is 0 Å². The third kappa shape index (κ3) is 4.89. The van der Waals surface area contributed by atoms with E-state index in [1.165, 1.54) is 24.5 Å². The Morgan fingerprint density at radius 1 is 0.963 bits per heavy atom. The van der Waals surface area contributed by atoms with Crippen LogP contribution in [0.15, 0.2) is 70.3 Å². The summed E-state index contributed by atoms with van der Waals surface area (Å²) in [7, 11) is -3.80. The Bertz CT molecular complexity index is 1050. The van der Waals surface area contributed by atoms with E-state index in [4.69, 9.17) is 0 Å². The van der Waals surface area contributed by atoms with Crippen molar-refractivity contribution in [2.75, 3.05) is 10.0 Å². The van der Waals surface area contributed by atoms with Gasteiger partial charge in [0.1, 0.15) is 0 Å². The third-order valence-electron chi connectivity index (χ3n) is 3.57. The number of sulfonamides is 1. The molecule has 7 nitrogen and oxygen atoms in total. The zero-order chi connectivity index (χ0) is 19.4. The second-order valence-electron chi connectivity index (χ2n) is 5.67. The summed E-state index contributed by atoms with van der Waals surface area (Å²) >= 11 is 3.32. The number of nitrogens with zero attached hydrogens (tertiary/aromatic N) is 2. The number of carbonyl (C=O) groups excluding carboxylic acids is 1. The molecule has 0 saturated carbocycles. The van der Waals surface area contributed by atoms with Crippen LogP contribution in [0.5, 0.6) is 0 Å². The van der Waals surface area contributed by atoms with Gasteiger partial charge in [-0.3, -0.25) is 4.79 Å². The van der Waals surface area contributed by atoms with E-state index in [9.17, 15) is 13.2 Å². The average molecular weight is 447 g/mol. The number of hydrogen-bond donors (Lipinski definition) is 2. The Morgan fingerprint density at radius 3 is 2.15 bits per heavy atom. The minimum absolute atomic E-state index is 0.105. The number of halogens is 1. The molecule has 3 rings (SSSR count). The van der Waals surface area contributed by atoms with Crippen molar-refractivity contribution in [2.45, 2.75) is 11.8 Å². The lowest BCUT2D eigenvalue weighted by atomic mass is 10.2. The fraction of sp³-hybridized carbons (Fsp3) is 0.0556. The molecule has 0 aliphatic rings. The Hall–Kier alpha value is -2.78. The fourth-order valence-corrected chi connectivity index (χ4v) is 3.35. The van der Waals surface area contributed by atoms with Crippen LogP contribution in [0.1, 0.15) is 15.9 Å². The molecule has 27 heavy (non-hydrogen) atoms. The number of hydrogen-bond acceptors (Lipinski definition) is 5. The van der Waals surface area contributed by atoms with Gasteiger partial charge in [-0.25, -0.2) is 23.1 Å². The molecule has 3 aromatic rings. The molecule has 0 fully saturated rings. The van der Waals surface area contributed by atoms with Crippen molar-refractivity contribution in [3.05, 3.63) is 76.5 Å². The van der Waals surface area contributed by atoms with E-state index in [0.29, 0.717) is 5.69 Å². The number of nitrogens with one attached hydrogen (secondary N) is 2. The summed E-state index contributed by atoms with van der Waals surface area (Å²) in [5.41, 5.74) is 1.77.